The zero-order valence-corrected chi connectivity index (χ0v) is 13.6. The molecule has 1 heterocycles. The molecule has 0 aliphatic carbocycles. The van der Waals surface area contributed by atoms with Crippen LogP contribution in [0.2, 0.25) is 0 Å². The Balaban J connectivity index is 2.89. The Morgan fingerprint density at radius 1 is 1.30 bits per heavy atom. The Labute approximate surface area is 122 Å². The van der Waals surface area contributed by atoms with Gasteiger partial charge in [-0.3, -0.25) is 9.78 Å². The van der Waals surface area contributed by atoms with Gasteiger partial charge in [-0.25, -0.2) is 0 Å². The van der Waals surface area contributed by atoms with Gasteiger partial charge in [0.1, 0.15) is 0 Å². The first-order valence-corrected chi connectivity index (χ1v) is 7.15. The highest BCUT2D eigenvalue weighted by atomic mass is 16.2. The fourth-order valence-electron chi connectivity index (χ4n) is 1.78. The number of aromatic nitrogens is 1. The zero-order valence-electron chi connectivity index (χ0n) is 13.6. The van der Waals surface area contributed by atoms with Gasteiger partial charge in [-0.1, -0.05) is 20.8 Å². The summed E-state index contributed by atoms with van der Waals surface area (Å²) in [6.45, 7) is 11.7. The molecule has 0 unspecified atom stereocenters. The van der Waals surface area contributed by atoms with E-state index in [2.05, 4.69) is 30.8 Å². The molecule has 0 spiro atoms. The van der Waals surface area contributed by atoms with E-state index < -0.39 is 5.41 Å². The van der Waals surface area contributed by atoms with Crippen molar-refractivity contribution in [2.75, 3.05) is 25.0 Å². The van der Waals surface area contributed by atoms with Crippen molar-refractivity contribution in [3.63, 3.8) is 0 Å². The van der Waals surface area contributed by atoms with Crippen LogP contribution in [0.25, 0.3) is 0 Å². The largest absolute Gasteiger partial charge is 0.309 e. The molecule has 0 bridgehead atoms. The molecule has 4 nitrogen and oxygen atoms in total. The number of amides is 1. The summed E-state index contributed by atoms with van der Waals surface area (Å²) >= 11 is 0. The second kappa shape index (κ2) is 6.84. The summed E-state index contributed by atoms with van der Waals surface area (Å²) in [6.07, 6.45) is 3.47. The van der Waals surface area contributed by atoms with Crippen molar-refractivity contribution in [3.8, 4) is 0 Å². The molecule has 0 aromatic carbocycles. The van der Waals surface area contributed by atoms with E-state index in [1.165, 1.54) is 0 Å². The van der Waals surface area contributed by atoms with E-state index in [1.807, 2.05) is 37.8 Å². The van der Waals surface area contributed by atoms with Crippen LogP contribution in [0.15, 0.2) is 24.5 Å². The number of carbonyl (C=O) groups is 1. The van der Waals surface area contributed by atoms with Crippen LogP contribution < -0.4 is 4.90 Å². The monoisotopic (exact) mass is 277 g/mol. The van der Waals surface area contributed by atoms with Crippen molar-refractivity contribution >= 4 is 11.6 Å². The summed E-state index contributed by atoms with van der Waals surface area (Å²) in [5.41, 5.74) is 0.469. The third kappa shape index (κ3) is 4.60. The van der Waals surface area contributed by atoms with Gasteiger partial charge in [-0.05, 0) is 33.0 Å². The molecule has 0 radical (unpaired) electrons. The molecule has 112 valence electrons. The predicted molar refractivity (Wildman–Crippen MR) is 83.8 cm³/mol. The maximum atomic E-state index is 12.6. The Morgan fingerprint density at radius 3 is 2.40 bits per heavy atom. The minimum Gasteiger partial charge on any atom is -0.309 e. The third-order valence-electron chi connectivity index (χ3n) is 3.40. The highest BCUT2D eigenvalue weighted by Crippen LogP contribution is 2.22. The van der Waals surface area contributed by atoms with E-state index >= 15 is 0 Å². The van der Waals surface area contributed by atoms with Gasteiger partial charge in [0.2, 0.25) is 5.91 Å². The summed E-state index contributed by atoms with van der Waals surface area (Å²) in [4.78, 5) is 20.8. The molecule has 0 saturated heterocycles. The molecular formula is C16H27N3O. The van der Waals surface area contributed by atoms with Crippen molar-refractivity contribution < 1.29 is 4.79 Å². The maximum Gasteiger partial charge on any atom is 0.232 e. The van der Waals surface area contributed by atoms with Crippen LogP contribution in [0.3, 0.4) is 0 Å². The fourth-order valence-corrected chi connectivity index (χ4v) is 1.78. The van der Waals surface area contributed by atoms with Gasteiger partial charge >= 0.3 is 0 Å². The molecule has 1 amide bonds. The number of rotatable bonds is 5. The van der Waals surface area contributed by atoms with Gasteiger partial charge in [-0.15, -0.1) is 0 Å². The molecular weight excluding hydrogens is 250 g/mol. The molecule has 0 fully saturated rings. The van der Waals surface area contributed by atoms with Gasteiger partial charge in [0.05, 0.1) is 11.9 Å². The summed E-state index contributed by atoms with van der Waals surface area (Å²) in [5.74, 6) is 0.127. The third-order valence-corrected chi connectivity index (χ3v) is 3.40. The van der Waals surface area contributed by atoms with Crippen LogP contribution in [0.4, 0.5) is 5.69 Å². The van der Waals surface area contributed by atoms with Gasteiger partial charge in [0.15, 0.2) is 0 Å². The fraction of sp³-hybridized carbons (Fsp3) is 0.625. The highest BCUT2D eigenvalue weighted by molar-refractivity contribution is 5.96. The van der Waals surface area contributed by atoms with E-state index in [9.17, 15) is 4.79 Å². The Hall–Kier alpha value is -1.42. The van der Waals surface area contributed by atoms with Crippen LogP contribution in [-0.2, 0) is 4.79 Å². The standard InChI is InChI=1S/C16H27N3O/c1-13(2)18(6)10-11-19(15(20)16(3,4)5)14-8-7-9-17-12-14/h7-9,12-13H,10-11H2,1-6H3. The number of carbonyl (C=O) groups excluding carboxylic acids is 1. The number of hydrogen-bond acceptors (Lipinski definition) is 3. The quantitative estimate of drug-likeness (QED) is 0.830. The normalized spacial score (nSPS) is 12.0. The molecule has 20 heavy (non-hydrogen) atoms. The molecule has 4 heteroatoms. The Kier molecular flexibility index (Phi) is 5.69. The van der Waals surface area contributed by atoms with Crippen LogP contribution in [0.1, 0.15) is 34.6 Å². The first kappa shape index (κ1) is 16.6. The van der Waals surface area contributed by atoms with Gasteiger partial charge in [0, 0.05) is 30.7 Å². The van der Waals surface area contributed by atoms with Crippen LogP contribution >= 0.6 is 0 Å². The van der Waals surface area contributed by atoms with Crippen molar-refractivity contribution in [3.05, 3.63) is 24.5 Å². The van der Waals surface area contributed by atoms with E-state index in [-0.39, 0.29) is 5.91 Å². The SMILES string of the molecule is CC(C)N(C)CCN(C(=O)C(C)(C)C)c1cccnc1. The van der Waals surface area contributed by atoms with Gasteiger partial charge in [0.25, 0.3) is 0 Å². The molecule has 0 aliphatic rings. The molecule has 1 aromatic rings. The lowest BCUT2D eigenvalue weighted by Gasteiger charge is -2.31. The van der Waals surface area contributed by atoms with Crippen LogP contribution in [0, 0.1) is 5.41 Å². The van der Waals surface area contributed by atoms with Crippen molar-refractivity contribution in [1.29, 1.82) is 0 Å². The highest BCUT2D eigenvalue weighted by Gasteiger charge is 2.28. The molecule has 1 aromatic heterocycles. The lowest BCUT2D eigenvalue weighted by atomic mass is 9.94. The average molecular weight is 277 g/mol. The summed E-state index contributed by atoms with van der Waals surface area (Å²) < 4.78 is 0. The minimum atomic E-state index is -0.397. The van der Waals surface area contributed by atoms with E-state index in [4.69, 9.17) is 0 Å². The van der Waals surface area contributed by atoms with Crippen LogP contribution in [-0.4, -0.2) is 42.0 Å². The smallest absolute Gasteiger partial charge is 0.232 e. The summed E-state index contributed by atoms with van der Waals surface area (Å²) in [7, 11) is 2.08. The van der Waals surface area contributed by atoms with Crippen molar-refractivity contribution in [2.45, 2.75) is 40.7 Å². The molecule has 0 saturated carbocycles. The number of pyridine rings is 1. The van der Waals surface area contributed by atoms with E-state index in [0.29, 0.717) is 12.6 Å². The number of hydrogen-bond donors (Lipinski definition) is 0. The van der Waals surface area contributed by atoms with Crippen LogP contribution in [0.5, 0.6) is 0 Å². The first-order chi connectivity index (χ1) is 9.23. The second-order valence-corrected chi connectivity index (χ2v) is 6.49. The van der Waals surface area contributed by atoms with E-state index in [0.717, 1.165) is 12.2 Å². The Morgan fingerprint density at radius 2 is 1.95 bits per heavy atom. The molecule has 0 aliphatic heterocycles. The van der Waals surface area contributed by atoms with Gasteiger partial charge < -0.3 is 9.80 Å². The zero-order chi connectivity index (χ0) is 15.3. The number of nitrogens with zero attached hydrogens (tertiary/aromatic N) is 3. The molecule has 0 atom stereocenters. The number of anilines is 1. The van der Waals surface area contributed by atoms with Crippen molar-refractivity contribution in [2.24, 2.45) is 5.41 Å². The first-order valence-electron chi connectivity index (χ1n) is 7.15. The minimum absolute atomic E-state index is 0.127. The lowest BCUT2D eigenvalue weighted by molar-refractivity contribution is -0.125. The Bertz CT molecular complexity index is 423. The summed E-state index contributed by atoms with van der Waals surface area (Å²) in [5, 5.41) is 0. The predicted octanol–water partition coefficient (Wildman–Crippen LogP) is 2.80. The molecule has 1 rings (SSSR count). The second-order valence-electron chi connectivity index (χ2n) is 6.49. The van der Waals surface area contributed by atoms with Crippen molar-refractivity contribution in [1.82, 2.24) is 9.88 Å². The average Bonchev–Trinajstić information content (AvgIpc) is 2.38. The molecule has 0 N–H and O–H groups in total. The van der Waals surface area contributed by atoms with E-state index in [1.54, 1.807) is 12.4 Å². The topological polar surface area (TPSA) is 36.4 Å². The maximum absolute atomic E-state index is 12.6. The number of likely N-dealkylation sites (N-methyl/N-ethyl adjacent to an activating group) is 1. The lowest BCUT2D eigenvalue weighted by Crippen LogP contribution is -2.44. The summed E-state index contributed by atoms with van der Waals surface area (Å²) in [6, 6.07) is 4.27. The van der Waals surface area contributed by atoms with Gasteiger partial charge in [-0.2, -0.15) is 0 Å².